The number of anilines is 1. The van der Waals surface area contributed by atoms with Gasteiger partial charge in [-0.25, -0.2) is 4.79 Å². The minimum atomic E-state index is -0.197. The zero-order valence-corrected chi connectivity index (χ0v) is 15.4. The minimum Gasteiger partial charge on any atom is -0.445 e. The number of rotatable bonds is 3. The van der Waals surface area contributed by atoms with Gasteiger partial charge in [-0.3, -0.25) is 0 Å². The first-order valence-corrected chi connectivity index (χ1v) is 9.56. The molecule has 2 fully saturated rings. The van der Waals surface area contributed by atoms with Crippen LogP contribution in [0.2, 0.25) is 5.02 Å². The molecule has 0 bridgehead atoms. The number of hydrogen-bond acceptors (Lipinski definition) is 3. The number of nitrogens with zero attached hydrogens (tertiary/aromatic N) is 2. The van der Waals surface area contributed by atoms with Crippen LogP contribution < -0.4 is 4.90 Å². The van der Waals surface area contributed by atoms with Crippen LogP contribution >= 0.6 is 11.6 Å². The standard InChI is InChI=1S/C21H23ClN2O2/c22-18-6-8-19(9-7-18)24-13-10-17-14-23(12-11-20(17)24)21(25)26-15-16-4-2-1-3-5-16/h1-9,17,20H,10-15H2/t17-,20+/m1/s1. The van der Waals surface area contributed by atoms with Crippen LogP contribution in [0.15, 0.2) is 54.6 Å². The van der Waals surface area contributed by atoms with Crippen LogP contribution in [-0.4, -0.2) is 36.7 Å². The zero-order chi connectivity index (χ0) is 17.9. The maximum atomic E-state index is 12.4. The van der Waals surface area contributed by atoms with E-state index < -0.39 is 0 Å². The maximum absolute atomic E-state index is 12.4. The topological polar surface area (TPSA) is 32.8 Å². The minimum absolute atomic E-state index is 0.197. The smallest absolute Gasteiger partial charge is 0.410 e. The highest BCUT2D eigenvalue weighted by Gasteiger charge is 2.39. The lowest BCUT2D eigenvalue weighted by molar-refractivity contribution is 0.0780. The third-order valence-corrected chi connectivity index (χ3v) is 5.71. The quantitative estimate of drug-likeness (QED) is 0.792. The Balaban J connectivity index is 1.34. The van der Waals surface area contributed by atoms with Gasteiger partial charge >= 0.3 is 6.09 Å². The van der Waals surface area contributed by atoms with Crippen molar-refractivity contribution in [3.8, 4) is 0 Å². The van der Waals surface area contributed by atoms with Crippen molar-refractivity contribution in [2.45, 2.75) is 25.5 Å². The zero-order valence-electron chi connectivity index (χ0n) is 14.7. The molecule has 2 saturated heterocycles. The van der Waals surface area contributed by atoms with Crippen molar-refractivity contribution < 1.29 is 9.53 Å². The fourth-order valence-corrected chi connectivity index (χ4v) is 4.24. The van der Waals surface area contributed by atoms with Gasteiger partial charge in [0.25, 0.3) is 0 Å². The molecule has 4 nitrogen and oxygen atoms in total. The van der Waals surface area contributed by atoms with E-state index in [4.69, 9.17) is 16.3 Å². The predicted octanol–water partition coefficient (Wildman–Crippen LogP) is 4.58. The van der Waals surface area contributed by atoms with Crippen molar-refractivity contribution in [1.29, 1.82) is 0 Å². The molecule has 4 rings (SSSR count). The van der Waals surface area contributed by atoms with Gasteiger partial charge in [0, 0.05) is 36.4 Å². The summed E-state index contributed by atoms with van der Waals surface area (Å²) in [5, 5.41) is 0.764. The number of carbonyl (C=O) groups is 1. The summed E-state index contributed by atoms with van der Waals surface area (Å²) in [6.45, 7) is 2.90. The average molecular weight is 371 g/mol. The molecular formula is C21H23ClN2O2. The first-order chi connectivity index (χ1) is 12.7. The Morgan fingerprint density at radius 3 is 2.58 bits per heavy atom. The van der Waals surface area contributed by atoms with Gasteiger partial charge in [0.05, 0.1) is 0 Å². The molecule has 2 aliphatic heterocycles. The molecule has 2 aliphatic rings. The molecule has 0 N–H and O–H groups in total. The monoisotopic (exact) mass is 370 g/mol. The van der Waals surface area contributed by atoms with Gasteiger partial charge in [-0.05, 0) is 48.6 Å². The second kappa shape index (κ2) is 7.58. The van der Waals surface area contributed by atoms with Gasteiger partial charge in [0.1, 0.15) is 6.61 Å². The molecule has 0 aromatic heterocycles. The van der Waals surface area contributed by atoms with Gasteiger partial charge in [-0.1, -0.05) is 41.9 Å². The Labute approximate surface area is 159 Å². The largest absolute Gasteiger partial charge is 0.445 e. The number of benzene rings is 2. The fraction of sp³-hybridized carbons (Fsp3) is 0.381. The number of piperidine rings is 1. The number of ether oxygens (including phenoxy) is 1. The van der Waals surface area contributed by atoms with Crippen LogP contribution in [0.5, 0.6) is 0 Å². The molecule has 0 unspecified atom stereocenters. The molecular weight excluding hydrogens is 348 g/mol. The van der Waals surface area contributed by atoms with Gasteiger partial charge in [0.15, 0.2) is 0 Å². The Morgan fingerprint density at radius 1 is 1.04 bits per heavy atom. The normalized spacial score (nSPS) is 22.2. The Bertz CT molecular complexity index is 750. The molecule has 2 atom stereocenters. The van der Waals surface area contributed by atoms with E-state index >= 15 is 0 Å². The molecule has 0 saturated carbocycles. The van der Waals surface area contributed by atoms with Crippen LogP contribution in [-0.2, 0) is 11.3 Å². The number of hydrogen-bond donors (Lipinski definition) is 0. The first kappa shape index (κ1) is 17.2. The third-order valence-electron chi connectivity index (χ3n) is 5.46. The number of likely N-dealkylation sites (tertiary alicyclic amines) is 1. The van der Waals surface area contributed by atoms with Gasteiger partial charge in [-0.2, -0.15) is 0 Å². The van der Waals surface area contributed by atoms with Crippen LogP contribution in [0, 0.1) is 5.92 Å². The molecule has 26 heavy (non-hydrogen) atoms. The number of carbonyl (C=O) groups excluding carboxylic acids is 1. The van der Waals surface area contributed by atoms with E-state index in [1.54, 1.807) is 0 Å². The van der Waals surface area contributed by atoms with Crippen LogP contribution in [0.4, 0.5) is 10.5 Å². The summed E-state index contributed by atoms with van der Waals surface area (Å²) in [4.78, 5) is 16.8. The third kappa shape index (κ3) is 3.65. The van der Waals surface area contributed by atoms with Gasteiger partial charge < -0.3 is 14.5 Å². The SMILES string of the molecule is O=C(OCc1ccccc1)N1CC[C@H]2[C@H](CCN2c2ccc(Cl)cc2)C1. The molecule has 2 aromatic carbocycles. The summed E-state index contributed by atoms with van der Waals surface area (Å²) in [5.41, 5.74) is 2.24. The average Bonchev–Trinajstić information content (AvgIpc) is 3.11. The second-order valence-electron chi connectivity index (χ2n) is 7.06. The van der Waals surface area contributed by atoms with Crippen LogP contribution in [0.25, 0.3) is 0 Å². The molecule has 2 heterocycles. The Kier molecular flexibility index (Phi) is 5.02. The predicted molar refractivity (Wildman–Crippen MR) is 104 cm³/mol. The summed E-state index contributed by atoms with van der Waals surface area (Å²) >= 11 is 6.01. The van der Waals surface area contributed by atoms with E-state index in [1.807, 2.05) is 47.4 Å². The van der Waals surface area contributed by atoms with Gasteiger partial charge in [0.2, 0.25) is 0 Å². The van der Waals surface area contributed by atoms with Crippen molar-refractivity contribution in [1.82, 2.24) is 4.90 Å². The summed E-state index contributed by atoms with van der Waals surface area (Å²) in [7, 11) is 0. The van der Waals surface area contributed by atoms with Crippen molar-refractivity contribution in [2.24, 2.45) is 5.92 Å². The molecule has 1 amide bonds. The first-order valence-electron chi connectivity index (χ1n) is 9.18. The number of amides is 1. The molecule has 0 spiro atoms. The fourth-order valence-electron chi connectivity index (χ4n) is 4.11. The lowest BCUT2D eigenvalue weighted by Gasteiger charge is -2.38. The summed E-state index contributed by atoms with van der Waals surface area (Å²) in [6.07, 6.45) is 1.89. The van der Waals surface area contributed by atoms with Crippen molar-refractivity contribution in [3.05, 3.63) is 65.2 Å². The second-order valence-corrected chi connectivity index (χ2v) is 7.50. The summed E-state index contributed by atoms with van der Waals surface area (Å²) in [5.74, 6) is 0.503. The van der Waals surface area contributed by atoms with E-state index in [-0.39, 0.29) is 6.09 Å². The summed E-state index contributed by atoms with van der Waals surface area (Å²) in [6, 6.07) is 18.4. The number of fused-ring (bicyclic) bond motifs is 1. The van der Waals surface area contributed by atoms with Gasteiger partial charge in [-0.15, -0.1) is 0 Å². The van der Waals surface area contributed by atoms with E-state index in [0.29, 0.717) is 18.6 Å². The highest BCUT2D eigenvalue weighted by atomic mass is 35.5. The lowest BCUT2D eigenvalue weighted by Crippen LogP contribution is -2.48. The van der Waals surface area contributed by atoms with Crippen LogP contribution in [0.3, 0.4) is 0 Å². The molecule has 136 valence electrons. The highest BCUT2D eigenvalue weighted by Crippen LogP contribution is 2.35. The maximum Gasteiger partial charge on any atom is 0.410 e. The molecule has 0 aliphatic carbocycles. The van der Waals surface area contributed by atoms with Crippen molar-refractivity contribution >= 4 is 23.4 Å². The molecule has 2 aromatic rings. The van der Waals surface area contributed by atoms with E-state index in [0.717, 1.165) is 43.1 Å². The lowest BCUT2D eigenvalue weighted by atomic mass is 9.93. The highest BCUT2D eigenvalue weighted by molar-refractivity contribution is 6.30. The van der Waals surface area contributed by atoms with Crippen LogP contribution in [0.1, 0.15) is 18.4 Å². The summed E-state index contributed by atoms with van der Waals surface area (Å²) < 4.78 is 5.50. The Hall–Kier alpha value is -2.20. The van der Waals surface area contributed by atoms with E-state index in [9.17, 15) is 4.79 Å². The van der Waals surface area contributed by atoms with Crippen molar-refractivity contribution in [2.75, 3.05) is 24.5 Å². The molecule has 0 radical (unpaired) electrons. The molecule has 5 heteroatoms. The Morgan fingerprint density at radius 2 is 1.81 bits per heavy atom. The number of halogens is 1. The van der Waals surface area contributed by atoms with E-state index in [2.05, 4.69) is 17.0 Å². The van der Waals surface area contributed by atoms with Crippen molar-refractivity contribution in [3.63, 3.8) is 0 Å². The van der Waals surface area contributed by atoms with E-state index in [1.165, 1.54) is 5.69 Å².